The number of rotatable bonds is 9. The number of nitrogens with zero attached hydrogens (tertiary/aromatic N) is 2. The molecular weight excluding hydrogens is 416 g/mol. The van der Waals surface area contributed by atoms with E-state index in [1.807, 2.05) is 6.92 Å². The lowest BCUT2D eigenvalue weighted by Gasteiger charge is -2.25. The number of para-hydroxylation sites is 1. The Labute approximate surface area is 185 Å². The first-order chi connectivity index (χ1) is 15.4. The lowest BCUT2D eigenvalue weighted by atomic mass is 9.94. The maximum Gasteiger partial charge on any atom is 0.295 e. The zero-order chi connectivity index (χ0) is 23.3. The highest BCUT2D eigenvalue weighted by molar-refractivity contribution is 6.46. The molecule has 2 aromatic carbocycles. The van der Waals surface area contributed by atoms with E-state index in [0.717, 1.165) is 0 Å². The van der Waals surface area contributed by atoms with Gasteiger partial charge in [-0.25, -0.2) is 0 Å². The molecule has 1 N–H and O–H groups in total. The summed E-state index contributed by atoms with van der Waals surface area (Å²) in [5, 5.41) is 22.7. The Hall–Kier alpha value is -3.72. The van der Waals surface area contributed by atoms with E-state index in [9.17, 15) is 24.8 Å². The van der Waals surface area contributed by atoms with Gasteiger partial charge in [-0.1, -0.05) is 12.1 Å². The molecule has 0 unspecified atom stereocenters. The van der Waals surface area contributed by atoms with Gasteiger partial charge in [0.25, 0.3) is 17.4 Å². The predicted molar refractivity (Wildman–Crippen MR) is 116 cm³/mol. The topological polar surface area (TPSA) is 119 Å². The molecule has 1 atom stereocenters. The van der Waals surface area contributed by atoms with Gasteiger partial charge in [0.05, 0.1) is 28.7 Å². The van der Waals surface area contributed by atoms with E-state index in [4.69, 9.17) is 9.47 Å². The standard InChI is InChI=1S/C23H24N2O7/c1-3-32-16-11-9-15(10-12-16)21(26)19-20(17-7-4-5-8-18(17)25(29)30)24(13-6-14-31-2)23(28)22(19)27/h4-5,7-12,20,26H,3,6,13-14H2,1-2H3/t20-/m1/s1. The maximum atomic E-state index is 13.0. The summed E-state index contributed by atoms with van der Waals surface area (Å²) in [6, 6.07) is 11.2. The monoisotopic (exact) mass is 440 g/mol. The SMILES string of the molecule is CCOc1ccc(C(O)=C2C(=O)C(=O)N(CCCOC)[C@@H]2c2ccccc2[N+](=O)[O-])cc1. The van der Waals surface area contributed by atoms with Crippen LogP contribution >= 0.6 is 0 Å². The third-order valence-corrected chi connectivity index (χ3v) is 5.15. The van der Waals surface area contributed by atoms with Crippen LogP contribution in [0.15, 0.2) is 54.1 Å². The average Bonchev–Trinajstić information content (AvgIpc) is 3.04. The van der Waals surface area contributed by atoms with Crippen molar-refractivity contribution in [2.75, 3.05) is 26.9 Å². The second-order valence-corrected chi connectivity index (χ2v) is 7.11. The van der Waals surface area contributed by atoms with Gasteiger partial charge < -0.3 is 19.5 Å². The fourth-order valence-electron chi connectivity index (χ4n) is 3.73. The summed E-state index contributed by atoms with van der Waals surface area (Å²) in [4.78, 5) is 38.2. The number of nitro benzene ring substituents is 1. The molecule has 0 spiro atoms. The Morgan fingerprint density at radius 2 is 1.84 bits per heavy atom. The van der Waals surface area contributed by atoms with Gasteiger partial charge in [0.2, 0.25) is 0 Å². The number of aliphatic hydroxyl groups excluding tert-OH is 1. The fraction of sp³-hybridized carbons (Fsp3) is 0.304. The first-order valence-electron chi connectivity index (χ1n) is 10.1. The molecule has 2 aromatic rings. The van der Waals surface area contributed by atoms with Crippen molar-refractivity contribution in [2.45, 2.75) is 19.4 Å². The molecule has 0 aliphatic carbocycles. The molecule has 0 bridgehead atoms. The van der Waals surface area contributed by atoms with E-state index >= 15 is 0 Å². The van der Waals surface area contributed by atoms with Gasteiger partial charge in [-0.2, -0.15) is 0 Å². The second-order valence-electron chi connectivity index (χ2n) is 7.11. The number of ketones is 1. The first-order valence-corrected chi connectivity index (χ1v) is 10.1. The summed E-state index contributed by atoms with van der Waals surface area (Å²) in [5.41, 5.74) is 0.0214. The Morgan fingerprint density at radius 1 is 1.16 bits per heavy atom. The van der Waals surface area contributed by atoms with Crippen LogP contribution in [0, 0.1) is 10.1 Å². The number of hydrogen-bond donors (Lipinski definition) is 1. The van der Waals surface area contributed by atoms with Gasteiger partial charge >= 0.3 is 0 Å². The van der Waals surface area contributed by atoms with Crippen molar-refractivity contribution in [3.63, 3.8) is 0 Å². The van der Waals surface area contributed by atoms with Crippen molar-refractivity contribution in [3.05, 3.63) is 75.3 Å². The quantitative estimate of drug-likeness (QED) is 0.158. The third kappa shape index (κ3) is 4.47. The van der Waals surface area contributed by atoms with Gasteiger partial charge in [0.15, 0.2) is 0 Å². The number of likely N-dealkylation sites (tertiary alicyclic amines) is 1. The number of nitro groups is 1. The van der Waals surface area contributed by atoms with Crippen LogP contribution in [0.25, 0.3) is 5.76 Å². The van der Waals surface area contributed by atoms with Crippen molar-refractivity contribution < 1.29 is 29.1 Å². The molecule has 9 nitrogen and oxygen atoms in total. The van der Waals surface area contributed by atoms with Crippen LogP contribution in [0.2, 0.25) is 0 Å². The molecule has 1 heterocycles. The summed E-state index contributed by atoms with van der Waals surface area (Å²) < 4.78 is 10.4. The van der Waals surface area contributed by atoms with Crippen LogP contribution in [0.3, 0.4) is 0 Å². The minimum absolute atomic E-state index is 0.134. The highest BCUT2D eigenvalue weighted by Gasteiger charge is 2.47. The van der Waals surface area contributed by atoms with Gasteiger partial charge in [-0.05, 0) is 43.7 Å². The summed E-state index contributed by atoms with van der Waals surface area (Å²) in [6.07, 6.45) is 0.420. The number of carbonyl (C=O) groups excluding carboxylic acids is 2. The lowest BCUT2D eigenvalue weighted by Crippen LogP contribution is -2.31. The van der Waals surface area contributed by atoms with Crippen molar-refractivity contribution in [1.29, 1.82) is 0 Å². The number of Topliss-reactive ketones (excluding diaryl/α,β-unsaturated/α-hetero) is 1. The molecule has 0 radical (unpaired) electrons. The van der Waals surface area contributed by atoms with E-state index in [-0.39, 0.29) is 23.4 Å². The maximum absolute atomic E-state index is 13.0. The molecule has 1 saturated heterocycles. The number of hydrogen-bond acceptors (Lipinski definition) is 7. The zero-order valence-electron chi connectivity index (χ0n) is 17.8. The van der Waals surface area contributed by atoms with Crippen molar-refractivity contribution in [3.8, 4) is 5.75 Å². The number of ether oxygens (including phenoxy) is 2. The third-order valence-electron chi connectivity index (χ3n) is 5.15. The van der Waals surface area contributed by atoms with Gasteiger partial charge in [0, 0.05) is 31.9 Å². The largest absolute Gasteiger partial charge is 0.507 e. The van der Waals surface area contributed by atoms with E-state index in [1.54, 1.807) is 30.3 Å². The van der Waals surface area contributed by atoms with E-state index in [2.05, 4.69) is 0 Å². The predicted octanol–water partition coefficient (Wildman–Crippen LogP) is 3.45. The van der Waals surface area contributed by atoms with Gasteiger partial charge in [0.1, 0.15) is 11.5 Å². The minimum atomic E-state index is -1.10. The Balaban J connectivity index is 2.15. The average molecular weight is 440 g/mol. The lowest BCUT2D eigenvalue weighted by molar-refractivity contribution is -0.385. The highest BCUT2D eigenvalue weighted by Crippen LogP contribution is 2.42. The first kappa shape index (κ1) is 23.0. The van der Waals surface area contributed by atoms with Crippen LogP contribution in [0.4, 0.5) is 5.69 Å². The highest BCUT2D eigenvalue weighted by atomic mass is 16.6. The smallest absolute Gasteiger partial charge is 0.295 e. The van der Waals surface area contributed by atoms with Crippen LogP contribution in [-0.2, 0) is 14.3 Å². The molecule has 3 rings (SSSR count). The van der Waals surface area contributed by atoms with Crippen LogP contribution < -0.4 is 4.74 Å². The van der Waals surface area contributed by atoms with E-state index < -0.39 is 28.4 Å². The number of carbonyl (C=O) groups is 2. The molecule has 32 heavy (non-hydrogen) atoms. The van der Waals surface area contributed by atoms with Crippen molar-refractivity contribution in [2.24, 2.45) is 0 Å². The normalized spacial score (nSPS) is 17.6. The van der Waals surface area contributed by atoms with E-state index in [0.29, 0.717) is 30.9 Å². The molecule has 1 amide bonds. The van der Waals surface area contributed by atoms with Gasteiger partial charge in [-0.3, -0.25) is 19.7 Å². The Bertz CT molecular complexity index is 1050. The molecule has 1 aliphatic rings. The number of aliphatic hydroxyl groups is 1. The number of methoxy groups -OCH3 is 1. The minimum Gasteiger partial charge on any atom is -0.507 e. The molecule has 9 heteroatoms. The number of benzene rings is 2. The zero-order valence-corrected chi connectivity index (χ0v) is 17.8. The molecule has 0 saturated carbocycles. The summed E-state index contributed by atoms with van der Waals surface area (Å²) in [7, 11) is 1.51. The fourth-order valence-corrected chi connectivity index (χ4v) is 3.73. The summed E-state index contributed by atoms with van der Waals surface area (Å²) in [6.45, 7) is 2.78. The van der Waals surface area contributed by atoms with Crippen molar-refractivity contribution in [1.82, 2.24) is 4.90 Å². The summed E-state index contributed by atoms with van der Waals surface area (Å²) >= 11 is 0. The van der Waals surface area contributed by atoms with Gasteiger partial charge in [-0.15, -0.1) is 0 Å². The molecular formula is C23H24N2O7. The number of amides is 1. The molecule has 168 valence electrons. The Morgan fingerprint density at radius 3 is 2.47 bits per heavy atom. The van der Waals surface area contributed by atoms with Crippen LogP contribution in [0.5, 0.6) is 5.75 Å². The molecule has 1 aliphatic heterocycles. The van der Waals surface area contributed by atoms with Crippen LogP contribution in [-0.4, -0.2) is 53.5 Å². The molecule has 1 fully saturated rings. The van der Waals surface area contributed by atoms with E-state index in [1.165, 1.54) is 30.2 Å². The molecule has 0 aromatic heterocycles. The van der Waals surface area contributed by atoms with Crippen molar-refractivity contribution >= 4 is 23.1 Å². The Kier molecular flexibility index (Phi) is 7.21. The van der Waals surface area contributed by atoms with Crippen LogP contribution in [0.1, 0.15) is 30.5 Å². The second kappa shape index (κ2) is 10.1. The summed E-state index contributed by atoms with van der Waals surface area (Å²) in [5.74, 6) is -1.53.